The molecule has 1 aliphatic heterocycles. The quantitative estimate of drug-likeness (QED) is 0.497. The van der Waals surface area contributed by atoms with Crippen molar-refractivity contribution in [1.29, 1.82) is 0 Å². The van der Waals surface area contributed by atoms with Gasteiger partial charge in [-0.2, -0.15) is 0 Å². The molecule has 174 valence electrons. The lowest BCUT2D eigenvalue weighted by Gasteiger charge is -2.26. The Morgan fingerprint density at radius 3 is 2.26 bits per heavy atom. The third-order valence-electron chi connectivity index (χ3n) is 5.53. The molecule has 34 heavy (non-hydrogen) atoms. The van der Waals surface area contributed by atoms with E-state index in [9.17, 15) is 19.2 Å². The van der Waals surface area contributed by atoms with E-state index >= 15 is 0 Å². The number of imide groups is 1. The predicted molar refractivity (Wildman–Crippen MR) is 125 cm³/mol. The van der Waals surface area contributed by atoms with Crippen molar-refractivity contribution in [1.82, 2.24) is 10.2 Å². The van der Waals surface area contributed by atoms with E-state index in [4.69, 9.17) is 4.42 Å². The molecular weight excluding hydrogens is 434 g/mol. The Bertz CT molecular complexity index is 1200. The van der Waals surface area contributed by atoms with Crippen LogP contribution in [0.15, 0.2) is 71.3 Å². The van der Waals surface area contributed by atoms with Crippen LogP contribution in [0, 0.1) is 5.92 Å². The fraction of sp³-hybridized carbons (Fsp3) is 0.231. The Labute approximate surface area is 196 Å². The monoisotopic (exact) mass is 459 g/mol. The second-order valence-corrected chi connectivity index (χ2v) is 8.52. The third-order valence-corrected chi connectivity index (χ3v) is 5.53. The lowest BCUT2D eigenvalue weighted by atomic mass is 10.0. The zero-order chi connectivity index (χ0) is 24.2. The minimum absolute atomic E-state index is 0.0835. The summed E-state index contributed by atoms with van der Waals surface area (Å²) in [6.07, 6.45) is 1.76. The number of anilines is 1. The van der Waals surface area contributed by atoms with Gasteiger partial charge < -0.3 is 15.1 Å². The van der Waals surface area contributed by atoms with Gasteiger partial charge in [0, 0.05) is 12.2 Å². The standard InChI is InChI=1S/C26H25N3O5/c1-16(2)13-21(29-25(32)19-9-3-4-10-20(19)26(29)33)23(30)27-15-17-7-5-8-18(14-17)28-24(31)22-11-6-12-34-22/h3-12,14,16,21H,13,15H2,1-2H3,(H,27,30)(H,28,31). The molecule has 2 heterocycles. The van der Waals surface area contributed by atoms with Crippen LogP contribution in [0.2, 0.25) is 0 Å². The molecule has 2 N–H and O–H groups in total. The van der Waals surface area contributed by atoms with Crippen LogP contribution in [-0.2, 0) is 11.3 Å². The molecule has 1 atom stereocenters. The maximum atomic E-state index is 13.2. The highest BCUT2D eigenvalue weighted by atomic mass is 16.3. The fourth-order valence-corrected chi connectivity index (χ4v) is 3.93. The van der Waals surface area contributed by atoms with Crippen molar-refractivity contribution in [2.45, 2.75) is 32.9 Å². The fourth-order valence-electron chi connectivity index (χ4n) is 3.93. The van der Waals surface area contributed by atoms with E-state index in [1.807, 2.05) is 19.9 Å². The maximum absolute atomic E-state index is 13.2. The topological polar surface area (TPSA) is 109 Å². The SMILES string of the molecule is CC(C)CC(C(=O)NCc1cccc(NC(=O)c2ccco2)c1)N1C(=O)c2ccccc2C1=O. The molecule has 0 spiro atoms. The van der Waals surface area contributed by atoms with E-state index in [-0.39, 0.29) is 24.1 Å². The smallest absolute Gasteiger partial charge is 0.291 e. The molecule has 0 bridgehead atoms. The molecular formula is C26H25N3O5. The van der Waals surface area contributed by atoms with Gasteiger partial charge in [-0.1, -0.05) is 38.1 Å². The second-order valence-electron chi connectivity index (χ2n) is 8.52. The zero-order valence-corrected chi connectivity index (χ0v) is 18.9. The number of carbonyl (C=O) groups is 4. The number of amides is 4. The van der Waals surface area contributed by atoms with Gasteiger partial charge in [-0.15, -0.1) is 0 Å². The van der Waals surface area contributed by atoms with Crippen molar-refractivity contribution >= 4 is 29.3 Å². The van der Waals surface area contributed by atoms with E-state index in [1.165, 1.54) is 6.26 Å². The summed E-state index contributed by atoms with van der Waals surface area (Å²) in [7, 11) is 0. The van der Waals surface area contributed by atoms with Gasteiger partial charge in [-0.3, -0.25) is 24.1 Å². The molecule has 0 aliphatic carbocycles. The van der Waals surface area contributed by atoms with Crippen LogP contribution >= 0.6 is 0 Å². The number of hydrogen-bond donors (Lipinski definition) is 2. The van der Waals surface area contributed by atoms with Crippen molar-refractivity contribution in [3.05, 3.63) is 89.4 Å². The predicted octanol–water partition coefficient (Wildman–Crippen LogP) is 3.86. The highest BCUT2D eigenvalue weighted by Crippen LogP contribution is 2.27. The van der Waals surface area contributed by atoms with E-state index in [0.717, 1.165) is 10.5 Å². The summed E-state index contributed by atoms with van der Waals surface area (Å²) in [6.45, 7) is 4.04. The summed E-state index contributed by atoms with van der Waals surface area (Å²) in [4.78, 5) is 52.3. The van der Waals surface area contributed by atoms with Crippen LogP contribution in [0.1, 0.15) is 57.1 Å². The summed E-state index contributed by atoms with van der Waals surface area (Å²) in [5.74, 6) is -1.42. The average molecular weight is 460 g/mol. The van der Waals surface area contributed by atoms with Crippen LogP contribution in [0.4, 0.5) is 5.69 Å². The first kappa shape index (κ1) is 23.0. The van der Waals surface area contributed by atoms with Crippen LogP contribution in [-0.4, -0.2) is 34.6 Å². The number of furan rings is 1. The molecule has 8 nitrogen and oxygen atoms in total. The average Bonchev–Trinajstić information content (AvgIpc) is 3.44. The first-order valence-corrected chi connectivity index (χ1v) is 11.0. The number of nitrogens with zero attached hydrogens (tertiary/aromatic N) is 1. The molecule has 0 radical (unpaired) electrons. The first-order valence-electron chi connectivity index (χ1n) is 11.0. The summed E-state index contributed by atoms with van der Waals surface area (Å²) < 4.78 is 5.10. The highest BCUT2D eigenvalue weighted by molar-refractivity contribution is 6.22. The van der Waals surface area contributed by atoms with Crippen molar-refractivity contribution in [3.8, 4) is 0 Å². The molecule has 1 unspecified atom stereocenters. The van der Waals surface area contributed by atoms with Gasteiger partial charge >= 0.3 is 0 Å². The first-order chi connectivity index (χ1) is 16.3. The number of fused-ring (bicyclic) bond motifs is 1. The highest BCUT2D eigenvalue weighted by Gasteiger charge is 2.42. The molecule has 1 aliphatic rings. The summed E-state index contributed by atoms with van der Waals surface area (Å²) in [6, 6.07) is 15.9. The molecule has 0 saturated heterocycles. The van der Waals surface area contributed by atoms with Crippen LogP contribution in [0.25, 0.3) is 0 Å². The van der Waals surface area contributed by atoms with Crippen LogP contribution < -0.4 is 10.6 Å². The molecule has 4 rings (SSSR count). The van der Waals surface area contributed by atoms with Gasteiger partial charge in [0.15, 0.2) is 5.76 Å². The minimum atomic E-state index is -0.922. The number of nitrogens with one attached hydrogen (secondary N) is 2. The Balaban J connectivity index is 1.46. The molecule has 4 amide bonds. The van der Waals surface area contributed by atoms with Gasteiger partial charge in [0.2, 0.25) is 5.91 Å². The molecule has 0 fully saturated rings. The molecule has 0 saturated carbocycles. The summed E-state index contributed by atoms with van der Waals surface area (Å²) in [5.41, 5.74) is 1.92. The van der Waals surface area contributed by atoms with Crippen LogP contribution in [0.3, 0.4) is 0 Å². The third kappa shape index (κ3) is 4.76. The second kappa shape index (κ2) is 9.74. The van der Waals surface area contributed by atoms with Gasteiger partial charge in [-0.25, -0.2) is 0 Å². The van der Waals surface area contributed by atoms with E-state index in [0.29, 0.717) is 23.2 Å². The van der Waals surface area contributed by atoms with Crippen molar-refractivity contribution in [2.75, 3.05) is 5.32 Å². The van der Waals surface area contributed by atoms with Crippen molar-refractivity contribution in [3.63, 3.8) is 0 Å². The summed E-state index contributed by atoms with van der Waals surface area (Å²) >= 11 is 0. The maximum Gasteiger partial charge on any atom is 0.291 e. The molecule has 2 aromatic carbocycles. The number of hydrogen-bond acceptors (Lipinski definition) is 5. The van der Waals surface area contributed by atoms with Crippen LogP contribution in [0.5, 0.6) is 0 Å². The largest absolute Gasteiger partial charge is 0.459 e. The van der Waals surface area contributed by atoms with Crippen molar-refractivity contribution < 1.29 is 23.6 Å². The van der Waals surface area contributed by atoms with Gasteiger partial charge in [0.05, 0.1) is 17.4 Å². The Morgan fingerprint density at radius 2 is 1.65 bits per heavy atom. The number of benzene rings is 2. The van der Waals surface area contributed by atoms with E-state index in [1.54, 1.807) is 54.6 Å². The molecule has 8 heteroatoms. The Hall–Kier alpha value is -4.20. The summed E-state index contributed by atoms with van der Waals surface area (Å²) in [5, 5.41) is 5.59. The number of carbonyl (C=O) groups excluding carboxylic acids is 4. The van der Waals surface area contributed by atoms with E-state index in [2.05, 4.69) is 10.6 Å². The number of rotatable bonds is 8. The Morgan fingerprint density at radius 1 is 0.941 bits per heavy atom. The van der Waals surface area contributed by atoms with E-state index < -0.39 is 23.8 Å². The lowest BCUT2D eigenvalue weighted by Crippen LogP contribution is -2.50. The zero-order valence-electron chi connectivity index (χ0n) is 18.9. The molecule has 1 aromatic heterocycles. The van der Waals surface area contributed by atoms with Crippen molar-refractivity contribution in [2.24, 2.45) is 5.92 Å². The normalized spacial score (nSPS) is 13.7. The Kier molecular flexibility index (Phi) is 6.58. The lowest BCUT2D eigenvalue weighted by molar-refractivity contribution is -0.125. The van der Waals surface area contributed by atoms with Gasteiger partial charge in [0.25, 0.3) is 17.7 Å². The van der Waals surface area contributed by atoms with Gasteiger partial charge in [0.1, 0.15) is 6.04 Å². The molecule has 3 aromatic rings. The van der Waals surface area contributed by atoms with Gasteiger partial charge in [-0.05, 0) is 54.3 Å². The minimum Gasteiger partial charge on any atom is -0.459 e.